The molecular formula is C63H57NSi. The van der Waals surface area contributed by atoms with Gasteiger partial charge in [-0.3, -0.25) is 0 Å². The van der Waals surface area contributed by atoms with Crippen molar-refractivity contribution in [1.29, 1.82) is 0 Å². The lowest BCUT2D eigenvalue weighted by Crippen LogP contribution is -2.74. The molecule has 0 N–H and O–H groups in total. The van der Waals surface area contributed by atoms with Crippen LogP contribution in [0.25, 0.3) is 11.1 Å². The van der Waals surface area contributed by atoms with Gasteiger partial charge in [-0.15, -0.1) is 0 Å². The molecule has 2 heteroatoms. The van der Waals surface area contributed by atoms with Crippen molar-refractivity contribution < 1.29 is 0 Å². The fourth-order valence-electron chi connectivity index (χ4n) is 10.5. The van der Waals surface area contributed by atoms with Crippen LogP contribution in [0.1, 0.15) is 74.9 Å². The number of benzene rings is 9. The molecule has 318 valence electrons. The van der Waals surface area contributed by atoms with Crippen LogP contribution in [0.3, 0.4) is 0 Å². The number of anilines is 3. The van der Waals surface area contributed by atoms with E-state index in [1.165, 1.54) is 65.3 Å². The molecule has 9 aromatic rings. The van der Waals surface area contributed by atoms with Crippen molar-refractivity contribution in [2.24, 2.45) is 0 Å². The zero-order valence-electron chi connectivity index (χ0n) is 38.5. The largest absolute Gasteiger partial charge is 0.311 e. The standard InChI is InChI=1S/C63H57NSi/c1-61(2,3)48-36-42-57-58-43-37-49(62(4,5)6)45-60(58)63(59(57)44-48,46-32-38-52(39-33-46)64(50-22-12-7-13-23-50)51-24-14-8-15-25-51)47-34-40-56(41-35-47)65(53-26-16-9-17-27-53,54-28-18-10-19-29-54)55-30-20-11-21-31-55/h7-45H,1-6H3. The molecule has 0 amide bonds. The minimum absolute atomic E-state index is 0.0437. The van der Waals surface area contributed by atoms with Crippen LogP contribution in [0.4, 0.5) is 17.1 Å². The van der Waals surface area contributed by atoms with Gasteiger partial charge in [0.05, 0.1) is 5.41 Å². The Morgan fingerprint density at radius 2 is 0.631 bits per heavy atom. The van der Waals surface area contributed by atoms with E-state index in [9.17, 15) is 0 Å². The van der Waals surface area contributed by atoms with Crippen LogP contribution in [-0.2, 0) is 16.2 Å². The van der Waals surface area contributed by atoms with Crippen molar-refractivity contribution in [2.75, 3.05) is 4.90 Å². The molecule has 0 saturated carbocycles. The molecule has 0 aliphatic heterocycles. The van der Waals surface area contributed by atoms with Crippen molar-refractivity contribution in [2.45, 2.75) is 57.8 Å². The maximum absolute atomic E-state index is 2.77. The number of nitrogens with zero attached hydrogens (tertiary/aromatic N) is 1. The summed E-state index contributed by atoms with van der Waals surface area (Å²) in [5.41, 5.74) is 13.2. The van der Waals surface area contributed by atoms with Gasteiger partial charge in [-0.1, -0.05) is 242 Å². The highest BCUT2D eigenvalue weighted by molar-refractivity contribution is 7.19. The molecule has 0 radical (unpaired) electrons. The zero-order valence-corrected chi connectivity index (χ0v) is 39.5. The summed E-state index contributed by atoms with van der Waals surface area (Å²) < 4.78 is 0. The van der Waals surface area contributed by atoms with Crippen LogP contribution in [-0.4, -0.2) is 8.07 Å². The molecule has 9 aromatic carbocycles. The summed E-state index contributed by atoms with van der Waals surface area (Å²) >= 11 is 0. The summed E-state index contributed by atoms with van der Waals surface area (Å²) in [7, 11) is -2.77. The smallest absolute Gasteiger partial charge is 0.179 e. The van der Waals surface area contributed by atoms with E-state index in [1.54, 1.807) is 0 Å². The zero-order chi connectivity index (χ0) is 44.8. The van der Waals surface area contributed by atoms with Gasteiger partial charge in [-0.2, -0.15) is 0 Å². The van der Waals surface area contributed by atoms with Crippen LogP contribution in [0.2, 0.25) is 0 Å². The van der Waals surface area contributed by atoms with Gasteiger partial charge < -0.3 is 4.90 Å². The molecule has 0 saturated heterocycles. The molecule has 0 bridgehead atoms. The molecule has 0 spiro atoms. The number of hydrogen-bond acceptors (Lipinski definition) is 1. The highest BCUT2D eigenvalue weighted by Crippen LogP contribution is 2.57. The molecule has 10 rings (SSSR count). The van der Waals surface area contributed by atoms with E-state index in [0.29, 0.717) is 0 Å². The van der Waals surface area contributed by atoms with E-state index in [-0.39, 0.29) is 10.8 Å². The van der Waals surface area contributed by atoms with E-state index in [2.05, 4.69) is 283 Å². The number of para-hydroxylation sites is 2. The molecule has 0 aromatic heterocycles. The van der Waals surface area contributed by atoms with Gasteiger partial charge in [-0.25, -0.2) is 0 Å². The van der Waals surface area contributed by atoms with Gasteiger partial charge in [0.25, 0.3) is 0 Å². The van der Waals surface area contributed by atoms with Gasteiger partial charge in [0.15, 0.2) is 8.07 Å². The highest BCUT2D eigenvalue weighted by Gasteiger charge is 2.48. The second-order valence-electron chi connectivity index (χ2n) is 19.7. The normalized spacial score (nSPS) is 13.2. The first-order valence-corrected chi connectivity index (χ1v) is 25.1. The summed E-state index contributed by atoms with van der Waals surface area (Å²) in [5.74, 6) is 0. The van der Waals surface area contributed by atoms with Crippen LogP contribution in [0.15, 0.2) is 237 Å². The molecule has 65 heavy (non-hydrogen) atoms. The van der Waals surface area contributed by atoms with E-state index >= 15 is 0 Å². The summed E-state index contributed by atoms with van der Waals surface area (Å²) in [6.07, 6.45) is 0. The number of hydrogen-bond donors (Lipinski definition) is 0. The number of rotatable bonds is 9. The first kappa shape index (κ1) is 42.0. The molecule has 1 aliphatic carbocycles. The van der Waals surface area contributed by atoms with Crippen LogP contribution in [0.5, 0.6) is 0 Å². The van der Waals surface area contributed by atoms with Crippen molar-refractivity contribution in [3.63, 3.8) is 0 Å². The van der Waals surface area contributed by atoms with Crippen molar-refractivity contribution in [3.8, 4) is 11.1 Å². The summed E-state index contributed by atoms with van der Waals surface area (Å²) in [6.45, 7) is 14.0. The predicted molar refractivity (Wildman–Crippen MR) is 279 cm³/mol. The quantitative estimate of drug-likeness (QED) is 0.103. The molecule has 0 heterocycles. The van der Waals surface area contributed by atoms with Gasteiger partial charge in [0.1, 0.15) is 0 Å². The Morgan fingerprint density at radius 1 is 0.323 bits per heavy atom. The van der Waals surface area contributed by atoms with Crippen LogP contribution in [0, 0.1) is 0 Å². The lowest BCUT2D eigenvalue weighted by atomic mass is 9.66. The Bertz CT molecular complexity index is 2860. The van der Waals surface area contributed by atoms with Crippen molar-refractivity contribution >= 4 is 45.9 Å². The molecular weight excluding hydrogens is 799 g/mol. The molecule has 0 atom stereocenters. The average molecular weight is 856 g/mol. The third-order valence-electron chi connectivity index (χ3n) is 13.8. The monoisotopic (exact) mass is 855 g/mol. The predicted octanol–water partition coefficient (Wildman–Crippen LogP) is 13.5. The fraction of sp³-hybridized carbons (Fsp3) is 0.143. The Balaban J connectivity index is 1.26. The average Bonchev–Trinajstić information content (AvgIpc) is 3.63. The van der Waals surface area contributed by atoms with Crippen molar-refractivity contribution in [1.82, 2.24) is 0 Å². The van der Waals surface area contributed by atoms with E-state index in [0.717, 1.165) is 17.1 Å². The third kappa shape index (κ3) is 7.18. The molecule has 0 unspecified atom stereocenters. The van der Waals surface area contributed by atoms with E-state index in [1.807, 2.05) is 0 Å². The number of fused-ring (bicyclic) bond motifs is 3. The molecule has 0 fully saturated rings. The second kappa shape index (κ2) is 16.5. The highest BCUT2D eigenvalue weighted by atomic mass is 28.3. The minimum Gasteiger partial charge on any atom is -0.311 e. The van der Waals surface area contributed by atoms with Gasteiger partial charge in [0.2, 0.25) is 0 Å². The van der Waals surface area contributed by atoms with Crippen LogP contribution < -0.4 is 25.6 Å². The fourth-order valence-corrected chi connectivity index (χ4v) is 15.3. The summed E-state index contributed by atoms with van der Waals surface area (Å²) in [4.78, 5) is 2.36. The Hall–Kier alpha value is -7.00. The lowest BCUT2D eigenvalue weighted by Gasteiger charge is -2.37. The Kier molecular flexibility index (Phi) is 10.7. The Morgan fingerprint density at radius 3 is 0.985 bits per heavy atom. The van der Waals surface area contributed by atoms with Gasteiger partial charge >= 0.3 is 0 Å². The van der Waals surface area contributed by atoms with Crippen molar-refractivity contribution in [3.05, 3.63) is 270 Å². The molecule has 1 aliphatic rings. The SMILES string of the molecule is CC(C)(C)c1ccc2c(c1)C(c1ccc(N(c3ccccc3)c3ccccc3)cc1)(c1ccc([Si](c3ccccc3)(c3ccccc3)c3ccccc3)cc1)c1cc(C(C)(C)C)ccc1-2. The lowest BCUT2D eigenvalue weighted by molar-refractivity contribution is 0.586. The van der Waals surface area contributed by atoms with Gasteiger partial charge in [-0.05, 0) is 112 Å². The maximum atomic E-state index is 2.53. The van der Waals surface area contributed by atoms with E-state index in [4.69, 9.17) is 0 Å². The first-order valence-electron chi connectivity index (χ1n) is 23.1. The second-order valence-corrected chi connectivity index (χ2v) is 23.6. The topological polar surface area (TPSA) is 3.24 Å². The summed E-state index contributed by atoms with van der Waals surface area (Å²) in [5, 5.41) is 5.48. The Labute approximate surface area is 387 Å². The van der Waals surface area contributed by atoms with E-state index < -0.39 is 13.5 Å². The maximum Gasteiger partial charge on any atom is 0.179 e. The van der Waals surface area contributed by atoms with Gasteiger partial charge in [0, 0.05) is 17.1 Å². The third-order valence-corrected chi connectivity index (χ3v) is 18.6. The minimum atomic E-state index is -2.77. The van der Waals surface area contributed by atoms with Crippen LogP contribution >= 0.6 is 0 Å². The molecule has 1 nitrogen and oxygen atoms in total. The first-order chi connectivity index (χ1) is 31.5. The summed E-state index contributed by atoms with van der Waals surface area (Å²) in [6, 6.07) is 89.2.